The predicted molar refractivity (Wildman–Crippen MR) is 91.5 cm³/mol. The van der Waals surface area contributed by atoms with Gasteiger partial charge in [0.25, 0.3) is 0 Å². The lowest BCUT2D eigenvalue weighted by Crippen LogP contribution is -2.28. The molecule has 0 fully saturated rings. The molecule has 5 heteroatoms. The number of ether oxygens (including phenoxy) is 1. The predicted octanol–water partition coefficient (Wildman–Crippen LogP) is 2.57. The van der Waals surface area contributed by atoms with E-state index in [9.17, 15) is 9.00 Å². The zero-order valence-electron chi connectivity index (χ0n) is 13.4. The van der Waals surface area contributed by atoms with Gasteiger partial charge in [-0.15, -0.1) is 0 Å². The van der Waals surface area contributed by atoms with Crippen LogP contribution in [0.5, 0.6) is 0 Å². The first-order valence-corrected chi connectivity index (χ1v) is 8.69. The minimum Gasteiger partial charge on any atom is -0.380 e. The molecule has 1 amide bonds. The van der Waals surface area contributed by atoms with E-state index in [1.807, 2.05) is 49.4 Å². The zero-order valence-corrected chi connectivity index (χ0v) is 14.2. The summed E-state index contributed by atoms with van der Waals surface area (Å²) < 4.78 is 17.3. The summed E-state index contributed by atoms with van der Waals surface area (Å²) in [6.07, 6.45) is 0. The van der Waals surface area contributed by atoms with Gasteiger partial charge in [0.15, 0.2) is 0 Å². The molecule has 1 atom stereocenters. The van der Waals surface area contributed by atoms with E-state index in [1.165, 1.54) is 0 Å². The van der Waals surface area contributed by atoms with Gasteiger partial charge in [-0.25, -0.2) is 0 Å². The van der Waals surface area contributed by atoms with Crippen LogP contribution in [0.2, 0.25) is 0 Å². The van der Waals surface area contributed by atoms with Crippen LogP contribution in [0.25, 0.3) is 0 Å². The second kappa shape index (κ2) is 8.60. The van der Waals surface area contributed by atoms with Gasteiger partial charge in [0.1, 0.15) is 5.75 Å². The van der Waals surface area contributed by atoms with E-state index in [2.05, 4.69) is 5.32 Å². The lowest BCUT2D eigenvalue weighted by molar-refractivity contribution is -0.118. The maximum Gasteiger partial charge on any atom is 0.233 e. The third-order valence-electron chi connectivity index (χ3n) is 3.42. The van der Waals surface area contributed by atoms with E-state index in [4.69, 9.17) is 4.74 Å². The van der Waals surface area contributed by atoms with Crippen molar-refractivity contribution in [3.63, 3.8) is 0 Å². The number of carbonyl (C=O) groups excluding carboxylic acids is 1. The third-order valence-corrected chi connectivity index (χ3v) is 4.90. The molecule has 2 rings (SSSR count). The SMILES string of the molecule is COCc1ccc(CNC(=O)CS(=O)c2ccccc2C)cc1. The second-order valence-corrected chi connectivity index (χ2v) is 6.70. The summed E-state index contributed by atoms with van der Waals surface area (Å²) in [5.41, 5.74) is 3.02. The number of amides is 1. The molecule has 23 heavy (non-hydrogen) atoms. The lowest BCUT2D eigenvalue weighted by atomic mass is 10.1. The Balaban J connectivity index is 1.85. The van der Waals surface area contributed by atoms with Crippen LogP contribution in [-0.4, -0.2) is 23.0 Å². The molecular weight excluding hydrogens is 310 g/mol. The molecule has 1 N–H and O–H groups in total. The summed E-state index contributed by atoms with van der Waals surface area (Å²) in [7, 11) is 0.338. The molecule has 0 aliphatic rings. The first-order chi connectivity index (χ1) is 11.1. The monoisotopic (exact) mass is 331 g/mol. The number of aryl methyl sites for hydroxylation is 1. The molecule has 4 nitrogen and oxygen atoms in total. The number of hydrogen-bond acceptors (Lipinski definition) is 3. The van der Waals surface area contributed by atoms with Crippen LogP contribution in [-0.2, 0) is 33.5 Å². The standard InChI is InChI=1S/C18H21NO3S/c1-14-5-3-4-6-17(14)23(21)13-18(20)19-11-15-7-9-16(10-8-15)12-22-2/h3-10H,11-13H2,1-2H3,(H,19,20). The molecule has 0 aliphatic carbocycles. The molecular formula is C18H21NO3S. The van der Waals surface area contributed by atoms with E-state index in [-0.39, 0.29) is 11.7 Å². The van der Waals surface area contributed by atoms with Gasteiger partial charge in [-0.2, -0.15) is 0 Å². The normalized spacial score (nSPS) is 11.9. The summed E-state index contributed by atoms with van der Waals surface area (Å²) in [5.74, 6) is -0.236. The number of benzene rings is 2. The van der Waals surface area contributed by atoms with Crippen molar-refractivity contribution in [1.82, 2.24) is 5.32 Å². The van der Waals surface area contributed by atoms with Gasteiger partial charge < -0.3 is 10.1 Å². The topological polar surface area (TPSA) is 55.4 Å². The fourth-order valence-corrected chi connectivity index (χ4v) is 3.33. The van der Waals surface area contributed by atoms with E-state index < -0.39 is 10.8 Å². The van der Waals surface area contributed by atoms with Crippen molar-refractivity contribution in [1.29, 1.82) is 0 Å². The maximum absolute atomic E-state index is 12.2. The highest BCUT2D eigenvalue weighted by molar-refractivity contribution is 7.85. The van der Waals surface area contributed by atoms with Gasteiger partial charge >= 0.3 is 0 Å². The van der Waals surface area contributed by atoms with Crippen LogP contribution in [0, 0.1) is 6.92 Å². The quantitative estimate of drug-likeness (QED) is 0.848. The largest absolute Gasteiger partial charge is 0.380 e. The molecule has 2 aromatic carbocycles. The first kappa shape index (κ1) is 17.4. The molecule has 0 saturated heterocycles. The summed E-state index contributed by atoms with van der Waals surface area (Å²) >= 11 is 0. The Morgan fingerprint density at radius 3 is 2.39 bits per heavy atom. The molecule has 0 heterocycles. The number of carbonyl (C=O) groups is 1. The Hall–Kier alpha value is -1.98. The fourth-order valence-electron chi connectivity index (χ4n) is 2.18. The van der Waals surface area contributed by atoms with Crippen molar-refractivity contribution >= 4 is 16.7 Å². The van der Waals surface area contributed by atoms with E-state index in [0.717, 1.165) is 16.7 Å². The van der Waals surface area contributed by atoms with Crippen LogP contribution in [0.1, 0.15) is 16.7 Å². The third kappa shape index (κ3) is 5.30. The Morgan fingerprint density at radius 1 is 1.09 bits per heavy atom. The Kier molecular flexibility index (Phi) is 6.50. The van der Waals surface area contributed by atoms with E-state index in [0.29, 0.717) is 18.0 Å². The van der Waals surface area contributed by atoms with E-state index >= 15 is 0 Å². The molecule has 0 bridgehead atoms. The molecule has 1 unspecified atom stereocenters. The average molecular weight is 331 g/mol. The molecule has 2 aromatic rings. The summed E-state index contributed by atoms with van der Waals surface area (Å²) in [4.78, 5) is 12.7. The number of hydrogen-bond donors (Lipinski definition) is 1. The Bertz CT molecular complexity index is 683. The van der Waals surface area contributed by atoms with Gasteiger partial charge in [-0.1, -0.05) is 42.5 Å². The van der Waals surface area contributed by atoms with Crippen molar-refractivity contribution in [3.8, 4) is 0 Å². The number of nitrogens with one attached hydrogen (secondary N) is 1. The van der Waals surface area contributed by atoms with Crippen LogP contribution < -0.4 is 5.32 Å². The second-order valence-electron chi connectivity index (χ2n) is 5.28. The van der Waals surface area contributed by atoms with Crippen molar-refractivity contribution in [2.75, 3.05) is 12.9 Å². The number of methoxy groups -OCH3 is 1. The minimum atomic E-state index is -1.32. The van der Waals surface area contributed by atoms with Crippen LogP contribution in [0.4, 0.5) is 0 Å². The molecule has 0 radical (unpaired) electrons. The average Bonchev–Trinajstić information content (AvgIpc) is 2.55. The molecule has 0 spiro atoms. The van der Waals surface area contributed by atoms with Crippen LogP contribution >= 0.6 is 0 Å². The summed E-state index contributed by atoms with van der Waals surface area (Å²) in [6.45, 7) is 2.89. The maximum atomic E-state index is 12.2. The summed E-state index contributed by atoms with van der Waals surface area (Å²) in [5, 5.41) is 2.81. The number of rotatable bonds is 7. The molecule has 0 saturated carbocycles. The molecule has 0 aromatic heterocycles. The smallest absolute Gasteiger partial charge is 0.233 e. The highest BCUT2D eigenvalue weighted by Crippen LogP contribution is 2.12. The van der Waals surface area contributed by atoms with E-state index in [1.54, 1.807) is 13.2 Å². The highest BCUT2D eigenvalue weighted by Gasteiger charge is 2.11. The van der Waals surface area contributed by atoms with Gasteiger partial charge in [0, 0.05) is 18.6 Å². The zero-order chi connectivity index (χ0) is 16.7. The first-order valence-electron chi connectivity index (χ1n) is 7.37. The Morgan fingerprint density at radius 2 is 1.74 bits per heavy atom. The summed E-state index contributed by atoms with van der Waals surface area (Å²) in [6, 6.07) is 15.3. The van der Waals surface area contributed by atoms with Crippen molar-refractivity contribution in [2.24, 2.45) is 0 Å². The van der Waals surface area contributed by atoms with Crippen LogP contribution in [0.15, 0.2) is 53.4 Å². The van der Waals surface area contributed by atoms with Gasteiger partial charge in [0.2, 0.25) is 5.91 Å². The highest BCUT2D eigenvalue weighted by atomic mass is 32.2. The van der Waals surface area contributed by atoms with Crippen LogP contribution in [0.3, 0.4) is 0 Å². The lowest BCUT2D eigenvalue weighted by Gasteiger charge is -2.08. The Labute approximate surface area is 139 Å². The molecule has 122 valence electrons. The van der Waals surface area contributed by atoms with Crippen molar-refractivity contribution < 1.29 is 13.7 Å². The van der Waals surface area contributed by atoms with Crippen molar-refractivity contribution in [3.05, 3.63) is 65.2 Å². The fraction of sp³-hybridized carbons (Fsp3) is 0.278. The van der Waals surface area contributed by atoms with Gasteiger partial charge in [0.05, 0.1) is 17.4 Å². The van der Waals surface area contributed by atoms with Gasteiger partial charge in [-0.3, -0.25) is 9.00 Å². The molecule has 0 aliphatic heterocycles. The van der Waals surface area contributed by atoms with Gasteiger partial charge in [-0.05, 0) is 29.7 Å². The van der Waals surface area contributed by atoms with Crippen molar-refractivity contribution in [2.45, 2.75) is 25.0 Å². The minimum absolute atomic E-state index is 0.0212.